The fourth-order valence-corrected chi connectivity index (χ4v) is 10.8. The minimum atomic E-state index is -3.10. The molecule has 4 rings (SSSR count). The van der Waals surface area contributed by atoms with Crippen molar-refractivity contribution in [2.24, 2.45) is 5.92 Å². The van der Waals surface area contributed by atoms with E-state index in [1.165, 1.54) is 14.0 Å². The summed E-state index contributed by atoms with van der Waals surface area (Å²) in [6, 6.07) is 32.4. The van der Waals surface area contributed by atoms with Crippen LogP contribution in [0, 0.1) is 17.2 Å². The number of carbonyl (C=O) groups is 2. The maximum atomic E-state index is 12.7. The third-order valence-electron chi connectivity index (χ3n) is 8.19. The van der Waals surface area contributed by atoms with E-state index in [2.05, 4.69) is 56.4 Å². The van der Waals surface area contributed by atoms with E-state index < -0.39 is 43.9 Å². The summed E-state index contributed by atoms with van der Waals surface area (Å²) in [4.78, 5) is 25.1. The minimum absolute atomic E-state index is 0.138. The number of nitrogens with zero attached hydrogens (tertiary/aromatic N) is 1. The maximum absolute atomic E-state index is 12.7. The van der Waals surface area contributed by atoms with Crippen molar-refractivity contribution in [2.75, 3.05) is 13.9 Å². The molecule has 0 aliphatic heterocycles. The lowest BCUT2D eigenvalue weighted by molar-refractivity contribution is -0.150. The highest BCUT2D eigenvalue weighted by Gasteiger charge is 2.56. The molecule has 0 unspecified atom stereocenters. The molecule has 0 saturated heterocycles. The number of carbonyl (C=O) groups excluding carboxylic acids is 2. The molecular formula is C36H42N2O6Si. The number of ether oxygens (including phenoxy) is 3. The molecule has 3 aromatic rings. The highest BCUT2D eigenvalue weighted by molar-refractivity contribution is 6.99. The summed E-state index contributed by atoms with van der Waals surface area (Å²) >= 11 is 0. The highest BCUT2D eigenvalue weighted by atomic mass is 28.4. The van der Waals surface area contributed by atoms with Crippen LogP contribution in [-0.4, -0.2) is 51.8 Å². The zero-order valence-electron chi connectivity index (χ0n) is 26.6. The molecular weight excluding hydrogens is 584 g/mol. The van der Waals surface area contributed by atoms with Gasteiger partial charge in [0.2, 0.25) is 5.91 Å². The quantitative estimate of drug-likeness (QED) is 0.103. The van der Waals surface area contributed by atoms with Gasteiger partial charge >= 0.3 is 5.97 Å². The summed E-state index contributed by atoms with van der Waals surface area (Å²) < 4.78 is 24.7. The van der Waals surface area contributed by atoms with E-state index in [0.717, 1.165) is 15.9 Å². The summed E-state index contributed by atoms with van der Waals surface area (Å²) in [5.41, 5.74) is -0.414. The molecule has 0 aromatic heterocycles. The van der Waals surface area contributed by atoms with E-state index in [4.69, 9.17) is 18.6 Å². The Labute approximate surface area is 267 Å². The molecule has 0 fully saturated rings. The van der Waals surface area contributed by atoms with Crippen LogP contribution >= 0.6 is 0 Å². The molecule has 3 aromatic carbocycles. The van der Waals surface area contributed by atoms with E-state index in [-0.39, 0.29) is 18.3 Å². The Morgan fingerprint density at radius 3 is 1.98 bits per heavy atom. The number of nitriles is 1. The van der Waals surface area contributed by atoms with Gasteiger partial charge in [0.05, 0.1) is 37.8 Å². The van der Waals surface area contributed by atoms with E-state index in [0.29, 0.717) is 6.61 Å². The summed E-state index contributed by atoms with van der Waals surface area (Å²) in [6.45, 7) is 8.03. The number of esters is 1. The molecule has 236 valence electrons. The third-order valence-corrected chi connectivity index (χ3v) is 13.2. The fourth-order valence-electron chi connectivity index (χ4n) is 6.18. The largest absolute Gasteiger partial charge is 0.469 e. The first-order chi connectivity index (χ1) is 21.6. The number of amides is 1. The highest BCUT2D eigenvalue weighted by Crippen LogP contribution is 2.42. The molecule has 0 spiro atoms. The van der Waals surface area contributed by atoms with Crippen molar-refractivity contribution in [2.45, 2.75) is 63.5 Å². The van der Waals surface area contributed by atoms with Crippen LogP contribution in [0.5, 0.6) is 0 Å². The Bertz CT molecular complexity index is 1450. The lowest BCUT2D eigenvalue weighted by Crippen LogP contribution is -2.70. The van der Waals surface area contributed by atoms with E-state index in [1.54, 1.807) is 6.08 Å². The van der Waals surface area contributed by atoms with Crippen molar-refractivity contribution in [3.05, 3.63) is 109 Å². The van der Waals surface area contributed by atoms with E-state index in [1.807, 2.05) is 72.8 Å². The summed E-state index contributed by atoms with van der Waals surface area (Å²) in [5, 5.41) is 15.3. The van der Waals surface area contributed by atoms with Gasteiger partial charge in [0, 0.05) is 6.92 Å². The Morgan fingerprint density at radius 2 is 1.49 bits per heavy atom. The second kappa shape index (κ2) is 14.8. The molecule has 0 bridgehead atoms. The SMILES string of the molecule is COC(=O)C[C@]1(NC(C)=O)C=C[C@@H](O[Si](c2ccccc2)(c2ccccc2)C(C)(C)C)[C@H](OCOCc2ccccc2)[C@@H]1C#N. The Morgan fingerprint density at radius 1 is 0.933 bits per heavy atom. The monoisotopic (exact) mass is 626 g/mol. The van der Waals surface area contributed by atoms with Gasteiger partial charge in [0.15, 0.2) is 0 Å². The lowest BCUT2D eigenvalue weighted by atomic mass is 9.72. The summed E-state index contributed by atoms with van der Waals surface area (Å²) in [7, 11) is -1.82. The van der Waals surface area contributed by atoms with Crippen LogP contribution < -0.4 is 15.7 Å². The topological polar surface area (TPSA) is 107 Å². The average Bonchev–Trinajstić information content (AvgIpc) is 3.03. The van der Waals surface area contributed by atoms with Crippen molar-refractivity contribution in [3.63, 3.8) is 0 Å². The van der Waals surface area contributed by atoms with Crippen LogP contribution in [-0.2, 0) is 34.8 Å². The number of rotatable bonds is 12. The van der Waals surface area contributed by atoms with Crippen LogP contribution in [0.2, 0.25) is 5.04 Å². The molecule has 1 aliphatic carbocycles. The molecule has 0 saturated carbocycles. The molecule has 0 radical (unpaired) electrons. The first-order valence-corrected chi connectivity index (χ1v) is 16.9. The number of hydrogen-bond acceptors (Lipinski definition) is 7. The Hall–Kier alpha value is -4.07. The maximum Gasteiger partial charge on any atom is 0.308 e. The van der Waals surface area contributed by atoms with Crippen LogP contribution in [0.4, 0.5) is 0 Å². The predicted octanol–water partition coefficient (Wildman–Crippen LogP) is 4.64. The second-order valence-electron chi connectivity index (χ2n) is 12.3. The summed E-state index contributed by atoms with van der Waals surface area (Å²) in [6.07, 6.45) is 1.63. The first-order valence-electron chi connectivity index (χ1n) is 15.0. The average molecular weight is 627 g/mol. The van der Waals surface area contributed by atoms with Crippen molar-refractivity contribution < 1.29 is 28.2 Å². The van der Waals surface area contributed by atoms with Crippen LogP contribution in [0.15, 0.2) is 103 Å². The van der Waals surface area contributed by atoms with Gasteiger partial charge in [-0.05, 0) is 21.0 Å². The molecule has 1 aliphatic rings. The van der Waals surface area contributed by atoms with Gasteiger partial charge < -0.3 is 24.0 Å². The number of hydrogen-bond donors (Lipinski definition) is 1. The molecule has 4 atom stereocenters. The van der Waals surface area contributed by atoms with Gasteiger partial charge in [-0.1, -0.05) is 124 Å². The van der Waals surface area contributed by atoms with Gasteiger partial charge in [-0.3, -0.25) is 9.59 Å². The van der Waals surface area contributed by atoms with Gasteiger partial charge in [0.1, 0.15) is 18.8 Å². The Kier molecular flexibility index (Phi) is 11.1. The molecule has 1 N–H and O–H groups in total. The molecule has 9 heteroatoms. The number of benzene rings is 3. The van der Waals surface area contributed by atoms with Crippen LogP contribution in [0.25, 0.3) is 0 Å². The fraction of sp³-hybridized carbons (Fsp3) is 0.361. The normalized spacial score (nSPS) is 21.5. The number of methoxy groups -OCH3 is 1. The van der Waals surface area contributed by atoms with Gasteiger partial charge in [-0.15, -0.1) is 0 Å². The molecule has 1 amide bonds. The van der Waals surface area contributed by atoms with Crippen molar-refractivity contribution in [1.82, 2.24) is 5.32 Å². The minimum Gasteiger partial charge on any atom is -0.469 e. The van der Waals surface area contributed by atoms with Crippen molar-refractivity contribution in [1.29, 1.82) is 5.26 Å². The molecule has 8 nitrogen and oxygen atoms in total. The van der Waals surface area contributed by atoms with Crippen molar-refractivity contribution in [3.8, 4) is 6.07 Å². The van der Waals surface area contributed by atoms with Gasteiger partial charge in [-0.25, -0.2) is 0 Å². The molecule has 45 heavy (non-hydrogen) atoms. The van der Waals surface area contributed by atoms with Gasteiger partial charge in [-0.2, -0.15) is 5.26 Å². The summed E-state index contributed by atoms with van der Waals surface area (Å²) in [5.74, 6) is -1.98. The smallest absolute Gasteiger partial charge is 0.308 e. The van der Waals surface area contributed by atoms with Crippen LogP contribution in [0.3, 0.4) is 0 Å². The first kappa shape index (κ1) is 33.8. The number of nitrogens with one attached hydrogen (secondary N) is 1. The zero-order chi connectivity index (χ0) is 32.5. The van der Waals surface area contributed by atoms with Gasteiger partial charge in [0.25, 0.3) is 8.32 Å². The van der Waals surface area contributed by atoms with Crippen LogP contribution in [0.1, 0.15) is 39.7 Å². The second-order valence-corrected chi connectivity index (χ2v) is 16.5. The Balaban J connectivity index is 1.82. The molecule has 0 heterocycles. The standard InChI is InChI=1S/C36H42N2O6Si/c1-27(39)38-36(23-33(40)41-5)22-21-32(34(31(36)24-37)43-26-42-25-28-15-9-6-10-16-28)44-45(35(2,3)4,29-17-11-7-12-18-29)30-19-13-8-14-20-30/h6-22,31-32,34H,23,25-26H2,1-5H3,(H,38,39)/t31-,32+,34+,36+/m0/s1. The van der Waals surface area contributed by atoms with E-state index in [9.17, 15) is 14.9 Å². The van der Waals surface area contributed by atoms with Crippen molar-refractivity contribution >= 4 is 30.6 Å². The lowest BCUT2D eigenvalue weighted by Gasteiger charge is -2.49. The predicted molar refractivity (Wildman–Crippen MR) is 175 cm³/mol. The van der Waals surface area contributed by atoms with E-state index >= 15 is 0 Å². The third kappa shape index (κ3) is 7.60. The zero-order valence-corrected chi connectivity index (χ0v) is 27.6.